The van der Waals surface area contributed by atoms with E-state index in [2.05, 4.69) is 9.97 Å². The van der Waals surface area contributed by atoms with Crippen LogP contribution in [0.15, 0.2) is 29.5 Å². The van der Waals surface area contributed by atoms with E-state index in [9.17, 15) is 9.59 Å². The second-order valence-corrected chi connectivity index (χ2v) is 5.85. The summed E-state index contributed by atoms with van der Waals surface area (Å²) in [6, 6.07) is 3.68. The lowest BCUT2D eigenvalue weighted by Crippen LogP contribution is -2.41. The van der Waals surface area contributed by atoms with Crippen LogP contribution >= 0.6 is 0 Å². The first kappa shape index (κ1) is 14.7. The number of hydrogen-bond acceptors (Lipinski definition) is 4. The highest BCUT2D eigenvalue weighted by atomic mass is 16.2. The van der Waals surface area contributed by atoms with Gasteiger partial charge in [0.05, 0.1) is 5.39 Å². The molecule has 6 heteroatoms. The van der Waals surface area contributed by atoms with Crippen molar-refractivity contribution in [2.75, 3.05) is 7.05 Å². The van der Waals surface area contributed by atoms with Gasteiger partial charge in [0.1, 0.15) is 12.9 Å². The molecule has 2 aromatic rings. The zero-order valence-corrected chi connectivity index (χ0v) is 12.7. The van der Waals surface area contributed by atoms with E-state index in [0.29, 0.717) is 17.1 Å². The van der Waals surface area contributed by atoms with Crippen LogP contribution in [0.25, 0.3) is 11.0 Å². The fourth-order valence-electron chi connectivity index (χ4n) is 3.04. The first-order valence-corrected chi connectivity index (χ1v) is 7.72. The van der Waals surface area contributed by atoms with Crippen molar-refractivity contribution in [1.82, 2.24) is 19.4 Å². The Morgan fingerprint density at radius 2 is 2.09 bits per heavy atom. The van der Waals surface area contributed by atoms with Crippen LogP contribution in [0, 0.1) is 0 Å². The average Bonchev–Trinajstić information content (AvgIpc) is 2.57. The molecule has 6 nitrogen and oxygen atoms in total. The lowest BCUT2D eigenvalue weighted by Gasteiger charge is -2.31. The van der Waals surface area contributed by atoms with Crippen molar-refractivity contribution in [3.8, 4) is 0 Å². The van der Waals surface area contributed by atoms with Crippen LogP contribution in [0.5, 0.6) is 0 Å². The highest BCUT2D eigenvalue weighted by Gasteiger charge is 2.22. The third-order valence-corrected chi connectivity index (χ3v) is 4.42. The minimum Gasteiger partial charge on any atom is -0.341 e. The smallest absolute Gasteiger partial charge is 0.263 e. The summed E-state index contributed by atoms with van der Waals surface area (Å²) in [5.41, 5.74) is 0.195. The molecule has 1 aliphatic carbocycles. The van der Waals surface area contributed by atoms with Crippen LogP contribution in [-0.4, -0.2) is 38.4 Å². The van der Waals surface area contributed by atoms with E-state index >= 15 is 0 Å². The van der Waals surface area contributed by atoms with Crippen LogP contribution < -0.4 is 5.56 Å². The van der Waals surface area contributed by atoms with Crippen molar-refractivity contribution in [1.29, 1.82) is 0 Å². The van der Waals surface area contributed by atoms with Crippen LogP contribution in [-0.2, 0) is 11.3 Å². The van der Waals surface area contributed by atoms with Crippen molar-refractivity contribution in [2.45, 2.75) is 44.7 Å². The fraction of sp³-hybridized carbons (Fsp3) is 0.500. The molecule has 0 atom stereocenters. The number of fused-ring (bicyclic) bond motifs is 1. The highest BCUT2D eigenvalue weighted by Crippen LogP contribution is 2.21. The van der Waals surface area contributed by atoms with Gasteiger partial charge in [0.25, 0.3) is 5.56 Å². The minimum absolute atomic E-state index is 0.0314. The lowest BCUT2D eigenvalue weighted by molar-refractivity contribution is -0.133. The monoisotopic (exact) mass is 300 g/mol. The molecule has 2 aromatic heterocycles. The van der Waals surface area contributed by atoms with Gasteiger partial charge in [0.15, 0.2) is 5.65 Å². The molecule has 0 aromatic carbocycles. The molecule has 0 saturated heterocycles. The topological polar surface area (TPSA) is 68.1 Å². The summed E-state index contributed by atoms with van der Waals surface area (Å²) in [5, 5.41) is 0.443. The Balaban J connectivity index is 1.79. The summed E-state index contributed by atoms with van der Waals surface area (Å²) in [5.74, 6) is -0.0426. The second-order valence-electron chi connectivity index (χ2n) is 5.85. The van der Waals surface area contributed by atoms with Gasteiger partial charge in [-0.1, -0.05) is 19.3 Å². The summed E-state index contributed by atoms with van der Waals surface area (Å²) < 4.78 is 1.37. The first-order chi connectivity index (χ1) is 10.7. The molecule has 1 aliphatic rings. The van der Waals surface area contributed by atoms with Gasteiger partial charge in [-0.3, -0.25) is 14.2 Å². The van der Waals surface area contributed by atoms with Crippen LogP contribution in [0.2, 0.25) is 0 Å². The van der Waals surface area contributed by atoms with Crippen LogP contribution in [0.3, 0.4) is 0 Å². The number of rotatable bonds is 3. The van der Waals surface area contributed by atoms with Gasteiger partial charge < -0.3 is 4.90 Å². The maximum absolute atomic E-state index is 12.4. The van der Waals surface area contributed by atoms with E-state index in [1.54, 1.807) is 23.2 Å². The maximum atomic E-state index is 12.4. The van der Waals surface area contributed by atoms with Gasteiger partial charge in [0.2, 0.25) is 5.91 Å². The number of aromatic nitrogens is 3. The van der Waals surface area contributed by atoms with Crippen LogP contribution in [0.1, 0.15) is 32.1 Å². The summed E-state index contributed by atoms with van der Waals surface area (Å²) >= 11 is 0. The zero-order valence-electron chi connectivity index (χ0n) is 12.7. The Bertz CT molecular complexity index is 734. The van der Waals surface area contributed by atoms with Crippen molar-refractivity contribution in [3.63, 3.8) is 0 Å². The van der Waals surface area contributed by atoms with E-state index in [1.807, 2.05) is 7.05 Å². The lowest BCUT2D eigenvalue weighted by atomic mass is 9.94. The molecule has 22 heavy (non-hydrogen) atoms. The summed E-state index contributed by atoms with van der Waals surface area (Å²) in [4.78, 5) is 34.8. The van der Waals surface area contributed by atoms with Gasteiger partial charge in [-0.25, -0.2) is 9.97 Å². The van der Waals surface area contributed by atoms with Crippen LogP contribution in [0.4, 0.5) is 0 Å². The zero-order chi connectivity index (χ0) is 15.5. The van der Waals surface area contributed by atoms with Gasteiger partial charge >= 0.3 is 0 Å². The Morgan fingerprint density at radius 3 is 2.86 bits per heavy atom. The number of hydrogen-bond donors (Lipinski definition) is 0. The van der Waals surface area contributed by atoms with Crippen molar-refractivity contribution < 1.29 is 4.79 Å². The Hall–Kier alpha value is -2.24. The molecule has 2 heterocycles. The molecule has 116 valence electrons. The number of pyridine rings is 1. The number of nitrogens with zero attached hydrogens (tertiary/aromatic N) is 4. The van der Waals surface area contributed by atoms with Gasteiger partial charge in [0, 0.05) is 19.3 Å². The Morgan fingerprint density at radius 1 is 1.32 bits per heavy atom. The summed E-state index contributed by atoms with van der Waals surface area (Å²) in [7, 11) is 1.83. The van der Waals surface area contributed by atoms with E-state index in [-0.39, 0.29) is 18.0 Å². The second kappa shape index (κ2) is 6.25. The predicted octanol–water partition coefficient (Wildman–Crippen LogP) is 1.58. The molecule has 1 fully saturated rings. The molecule has 0 bridgehead atoms. The van der Waals surface area contributed by atoms with Gasteiger partial charge in [-0.15, -0.1) is 0 Å². The number of carbonyl (C=O) groups is 1. The van der Waals surface area contributed by atoms with E-state index < -0.39 is 0 Å². The fourth-order valence-corrected chi connectivity index (χ4v) is 3.04. The molecular formula is C16H20N4O2. The summed E-state index contributed by atoms with van der Waals surface area (Å²) in [6.45, 7) is 0.0314. The molecule has 3 rings (SSSR count). The first-order valence-electron chi connectivity index (χ1n) is 7.72. The molecule has 0 spiro atoms. The summed E-state index contributed by atoms with van der Waals surface area (Å²) in [6.07, 6.45) is 8.70. The van der Waals surface area contributed by atoms with Crippen molar-refractivity contribution in [2.24, 2.45) is 0 Å². The normalized spacial score (nSPS) is 15.9. The number of amides is 1. The largest absolute Gasteiger partial charge is 0.341 e. The van der Waals surface area contributed by atoms with Crippen molar-refractivity contribution >= 4 is 16.9 Å². The Labute approximate surface area is 128 Å². The molecule has 0 aliphatic heterocycles. The molecule has 0 unspecified atom stereocenters. The van der Waals surface area contributed by atoms with Gasteiger partial charge in [-0.05, 0) is 25.0 Å². The average molecular weight is 300 g/mol. The maximum Gasteiger partial charge on any atom is 0.263 e. The van der Waals surface area contributed by atoms with Gasteiger partial charge in [-0.2, -0.15) is 0 Å². The SMILES string of the molecule is CN(C(=O)Cn1cnc2ncccc2c1=O)C1CCCCC1. The molecule has 1 amide bonds. The minimum atomic E-state index is -0.219. The van der Waals surface area contributed by atoms with E-state index in [0.717, 1.165) is 12.8 Å². The molecular weight excluding hydrogens is 280 g/mol. The van der Waals surface area contributed by atoms with E-state index in [1.165, 1.54) is 30.2 Å². The molecule has 0 radical (unpaired) electrons. The highest BCUT2D eigenvalue weighted by molar-refractivity contribution is 5.77. The third kappa shape index (κ3) is 2.86. The predicted molar refractivity (Wildman–Crippen MR) is 83.4 cm³/mol. The standard InChI is InChI=1S/C16H20N4O2/c1-19(12-6-3-2-4-7-12)14(21)10-20-11-18-15-13(16(20)22)8-5-9-17-15/h5,8-9,11-12H,2-4,6-7,10H2,1H3. The molecule has 0 N–H and O–H groups in total. The molecule has 1 saturated carbocycles. The third-order valence-electron chi connectivity index (χ3n) is 4.42. The van der Waals surface area contributed by atoms with E-state index in [4.69, 9.17) is 0 Å². The quantitative estimate of drug-likeness (QED) is 0.863. The number of carbonyl (C=O) groups excluding carboxylic acids is 1. The Kier molecular flexibility index (Phi) is 4.18. The van der Waals surface area contributed by atoms with Crippen molar-refractivity contribution in [3.05, 3.63) is 35.0 Å². The number of likely N-dealkylation sites (N-methyl/N-ethyl adjacent to an activating group) is 1.